The number of H-pyrrole nitrogens is 1. The van der Waals surface area contributed by atoms with E-state index >= 15 is 0 Å². The van der Waals surface area contributed by atoms with E-state index in [0.717, 1.165) is 10.9 Å². The fourth-order valence-electron chi connectivity index (χ4n) is 2.76. The Kier molecular flexibility index (Phi) is 3.77. The molecule has 0 bridgehead atoms. The molecule has 0 saturated carbocycles. The first kappa shape index (κ1) is 15.5. The Balaban J connectivity index is 1.72. The molecule has 4 aromatic rings. The monoisotopic (exact) mass is 341 g/mol. The van der Waals surface area contributed by atoms with Crippen LogP contribution in [0.3, 0.4) is 0 Å². The molecule has 1 unspecified atom stereocenters. The van der Waals surface area contributed by atoms with Crippen LogP contribution in [0.5, 0.6) is 0 Å². The van der Waals surface area contributed by atoms with Crippen LogP contribution >= 0.6 is 0 Å². The van der Waals surface area contributed by atoms with Gasteiger partial charge in [0.05, 0.1) is 6.61 Å². The maximum atomic E-state index is 14.2. The maximum absolute atomic E-state index is 14.2. The van der Waals surface area contributed by atoms with Crippen LogP contribution in [-0.4, -0.2) is 49.3 Å². The molecule has 4 aromatic heterocycles. The van der Waals surface area contributed by atoms with Crippen molar-refractivity contribution in [1.29, 1.82) is 0 Å². The van der Waals surface area contributed by atoms with Crippen molar-refractivity contribution in [3.8, 4) is 11.1 Å². The second-order valence-corrected chi connectivity index (χ2v) is 5.76. The van der Waals surface area contributed by atoms with E-state index in [4.69, 9.17) is 4.74 Å². The van der Waals surface area contributed by atoms with Crippen molar-refractivity contribution in [3.63, 3.8) is 0 Å². The molecule has 0 saturated heterocycles. The summed E-state index contributed by atoms with van der Waals surface area (Å²) in [5, 5.41) is 7.96. The number of anilines is 1. The van der Waals surface area contributed by atoms with E-state index in [-0.39, 0.29) is 11.7 Å². The Morgan fingerprint density at radius 2 is 2.28 bits per heavy atom. The molecular weight excluding hydrogens is 325 g/mol. The molecular formula is C16H16FN7O. The maximum Gasteiger partial charge on any atom is 0.224 e. The molecule has 8 nitrogen and oxygen atoms in total. The average Bonchev–Trinajstić information content (AvgIpc) is 3.21. The zero-order valence-corrected chi connectivity index (χ0v) is 13.7. The predicted octanol–water partition coefficient (Wildman–Crippen LogP) is 2.25. The average molecular weight is 341 g/mol. The van der Waals surface area contributed by atoms with E-state index < -0.39 is 5.82 Å². The second kappa shape index (κ2) is 6.10. The summed E-state index contributed by atoms with van der Waals surface area (Å²) in [4.78, 5) is 15.8. The summed E-state index contributed by atoms with van der Waals surface area (Å²) in [6.45, 7) is 2.53. The van der Waals surface area contributed by atoms with E-state index in [1.165, 1.54) is 16.9 Å². The number of aromatic nitrogens is 6. The van der Waals surface area contributed by atoms with Crippen LogP contribution in [0, 0.1) is 5.82 Å². The van der Waals surface area contributed by atoms with Gasteiger partial charge in [-0.15, -0.1) is 0 Å². The van der Waals surface area contributed by atoms with E-state index in [1.807, 2.05) is 6.92 Å². The number of halogens is 1. The number of aromatic amines is 1. The Morgan fingerprint density at radius 1 is 1.40 bits per heavy atom. The summed E-state index contributed by atoms with van der Waals surface area (Å²) in [5.74, 6) is 0.0697. The smallest absolute Gasteiger partial charge is 0.224 e. The number of nitrogens with zero attached hydrogens (tertiary/aromatic N) is 5. The number of pyridine rings is 1. The van der Waals surface area contributed by atoms with Crippen molar-refractivity contribution in [2.45, 2.75) is 13.0 Å². The predicted molar refractivity (Wildman–Crippen MR) is 90.8 cm³/mol. The third kappa shape index (κ3) is 2.78. The third-order valence-corrected chi connectivity index (χ3v) is 3.87. The van der Waals surface area contributed by atoms with Crippen LogP contribution in [0.4, 0.5) is 10.3 Å². The Labute approximate surface area is 142 Å². The molecule has 9 heteroatoms. The first-order valence-electron chi connectivity index (χ1n) is 7.74. The van der Waals surface area contributed by atoms with Gasteiger partial charge >= 0.3 is 0 Å². The van der Waals surface area contributed by atoms with Gasteiger partial charge in [-0.25, -0.2) is 18.9 Å². The number of hydrogen-bond acceptors (Lipinski definition) is 6. The minimum Gasteiger partial charge on any atom is -0.383 e. The van der Waals surface area contributed by atoms with E-state index in [1.54, 1.807) is 25.7 Å². The molecule has 0 spiro atoms. The first-order chi connectivity index (χ1) is 12.2. The van der Waals surface area contributed by atoms with Gasteiger partial charge in [0.1, 0.15) is 12.0 Å². The number of ether oxygens (including phenoxy) is 1. The molecule has 128 valence electrons. The van der Waals surface area contributed by atoms with Crippen LogP contribution in [0.2, 0.25) is 0 Å². The minimum atomic E-state index is -0.433. The van der Waals surface area contributed by atoms with Gasteiger partial charge in [0.2, 0.25) is 5.95 Å². The molecule has 25 heavy (non-hydrogen) atoms. The molecule has 4 heterocycles. The summed E-state index contributed by atoms with van der Waals surface area (Å²) in [7, 11) is 1.64. The van der Waals surface area contributed by atoms with Crippen molar-refractivity contribution in [3.05, 3.63) is 36.8 Å². The standard InChI is InChI=1S/C16H16FN7O/c1-9(7-25-2)22-16-19-5-12-11(4-18-14(12)23-16)10-3-13(17)15-20-8-21-24(15)6-10/h3-6,8-9H,7H2,1-2H3,(H2,18,19,22,23). The number of rotatable bonds is 5. The van der Waals surface area contributed by atoms with E-state index in [0.29, 0.717) is 23.8 Å². The van der Waals surface area contributed by atoms with Gasteiger partial charge in [-0.1, -0.05) is 0 Å². The summed E-state index contributed by atoms with van der Waals surface area (Å²) in [6, 6.07) is 1.51. The molecule has 0 fully saturated rings. The number of hydrogen-bond donors (Lipinski definition) is 2. The molecule has 1 atom stereocenters. The zero-order valence-electron chi connectivity index (χ0n) is 13.7. The molecule has 0 aliphatic carbocycles. The lowest BCUT2D eigenvalue weighted by atomic mass is 10.1. The molecule has 0 radical (unpaired) electrons. The topological polar surface area (TPSA) is 93.0 Å². The summed E-state index contributed by atoms with van der Waals surface area (Å²) in [5.41, 5.74) is 2.32. The molecule has 0 aromatic carbocycles. The van der Waals surface area contributed by atoms with Gasteiger partial charge in [0.25, 0.3) is 0 Å². The van der Waals surface area contributed by atoms with Gasteiger partial charge < -0.3 is 15.0 Å². The quantitative estimate of drug-likeness (QED) is 0.578. The van der Waals surface area contributed by atoms with Gasteiger partial charge in [-0.05, 0) is 13.0 Å². The molecule has 4 rings (SSSR count). The highest BCUT2D eigenvalue weighted by molar-refractivity contribution is 5.93. The zero-order chi connectivity index (χ0) is 17.4. The Morgan fingerprint density at radius 3 is 3.12 bits per heavy atom. The minimum absolute atomic E-state index is 0.0840. The fourth-order valence-corrected chi connectivity index (χ4v) is 2.76. The highest BCUT2D eigenvalue weighted by Crippen LogP contribution is 2.28. The third-order valence-electron chi connectivity index (χ3n) is 3.87. The molecule has 0 aliphatic heterocycles. The van der Waals surface area contributed by atoms with Crippen LogP contribution in [-0.2, 0) is 4.74 Å². The normalized spacial score (nSPS) is 12.8. The van der Waals surface area contributed by atoms with Gasteiger partial charge in [-0.3, -0.25) is 0 Å². The van der Waals surface area contributed by atoms with E-state index in [9.17, 15) is 4.39 Å². The molecule has 0 amide bonds. The summed E-state index contributed by atoms with van der Waals surface area (Å²) >= 11 is 0. The lowest BCUT2D eigenvalue weighted by Crippen LogP contribution is -2.22. The lowest BCUT2D eigenvalue weighted by molar-refractivity contribution is 0.190. The molecule has 0 aliphatic rings. The Bertz CT molecular complexity index is 1040. The summed E-state index contributed by atoms with van der Waals surface area (Å²) in [6.07, 6.45) is 6.53. The Hall–Kier alpha value is -3.07. The van der Waals surface area contributed by atoms with Crippen LogP contribution in [0.15, 0.2) is 31.0 Å². The molecule has 2 N–H and O–H groups in total. The van der Waals surface area contributed by atoms with Gasteiger partial charge in [-0.2, -0.15) is 10.1 Å². The summed E-state index contributed by atoms with van der Waals surface area (Å²) < 4.78 is 20.7. The SMILES string of the molecule is COCC(C)Nc1ncc2c(-c3cc(F)c4ncnn4c3)c[nH]c2n1. The highest BCUT2D eigenvalue weighted by Gasteiger charge is 2.13. The van der Waals surface area contributed by atoms with Crippen molar-refractivity contribution in [2.75, 3.05) is 19.0 Å². The van der Waals surface area contributed by atoms with Gasteiger partial charge in [0, 0.05) is 48.3 Å². The van der Waals surface area contributed by atoms with Crippen LogP contribution < -0.4 is 5.32 Å². The highest BCUT2D eigenvalue weighted by atomic mass is 19.1. The number of methoxy groups -OCH3 is 1. The lowest BCUT2D eigenvalue weighted by Gasteiger charge is -2.12. The number of nitrogens with one attached hydrogen (secondary N) is 2. The van der Waals surface area contributed by atoms with Crippen molar-refractivity contribution in [1.82, 2.24) is 29.5 Å². The van der Waals surface area contributed by atoms with Crippen molar-refractivity contribution < 1.29 is 9.13 Å². The number of fused-ring (bicyclic) bond motifs is 2. The fraction of sp³-hybridized carbons (Fsp3) is 0.250. The van der Waals surface area contributed by atoms with Crippen LogP contribution in [0.25, 0.3) is 27.8 Å². The first-order valence-corrected chi connectivity index (χ1v) is 7.74. The second-order valence-electron chi connectivity index (χ2n) is 5.76. The van der Waals surface area contributed by atoms with Gasteiger partial charge in [0.15, 0.2) is 11.5 Å². The largest absolute Gasteiger partial charge is 0.383 e. The van der Waals surface area contributed by atoms with Crippen molar-refractivity contribution in [2.24, 2.45) is 0 Å². The van der Waals surface area contributed by atoms with Crippen molar-refractivity contribution >= 4 is 22.6 Å². The van der Waals surface area contributed by atoms with Crippen LogP contribution in [0.1, 0.15) is 6.92 Å². The van der Waals surface area contributed by atoms with E-state index in [2.05, 4.69) is 30.4 Å².